The smallest absolute Gasteiger partial charge is 0.220 e. The summed E-state index contributed by atoms with van der Waals surface area (Å²) in [7, 11) is 4.28. The van der Waals surface area contributed by atoms with Crippen LogP contribution >= 0.6 is 11.6 Å². The van der Waals surface area contributed by atoms with Gasteiger partial charge in [0.2, 0.25) is 11.8 Å². The Morgan fingerprint density at radius 2 is 1.73 bits per heavy atom. The molecule has 178 valence electrons. The minimum absolute atomic E-state index is 0.0433. The highest BCUT2D eigenvalue weighted by atomic mass is 35.5. The molecule has 1 saturated carbocycles. The standard InChI is InChI=1S/C27H36ClN3O2/c1-20-7-4-5-9-22(20)19-29-25(32)11-12-26(33)30-24-13-15-27(16-14-24,31(2)3)18-21-8-6-10-23(28)17-21/h4-10,17,24H,11-16,18-19H2,1-3H3,(H,29,32)(H,30,33). The Morgan fingerprint density at radius 1 is 1.03 bits per heavy atom. The maximum Gasteiger partial charge on any atom is 0.220 e. The minimum Gasteiger partial charge on any atom is -0.353 e. The van der Waals surface area contributed by atoms with E-state index >= 15 is 0 Å². The van der Waals surface area contributed by atoms with Crippen LogP contribution in [0.25, 0.3) is 0 Å². The van der Waals surface area contributed by atoms with Crippen molar-refractivity contribution in [3.8, 4) is 0 Å². The van der Waals surface area contributed by atoms with Crippen molar-refractivity contribution in [1.29, 1.82) is 0 Å². The fourth-order valence-electron chi connectivity index (χ4n) is 4.73. The van der Waals surface area contributed by atoms with Gasteiger partial charge in [0.15, 0.2) is 0 Å². The van der Waals surface area contributed by atoms with Crippen molar-refractivity contribution in [1.82, 2.24) is 15.5 Å². The molecule has 3 rings (SSSR count). The lowest BCUT2D eigenvalue weighted by Crippen LogP contribution is -2.52. The molecule has 1 aliphatic carbocycles. The van der Waals surface area contributed by atoms with Gasteiger partial charge in [0.25, 0.3) is 0 Å². The largest absolute Gasteiger partial charge is 0.353 e. The molecule has 2 N–H and O–H groups in total. The molecule has 0 heterocycles. The topological polar surface area (TPSA) is 61.4 Å². The van der Waals surface area contributed by atoms with Gasteiger partial charge >= 0.3 is 0 Å². The van der Waals surface area contributed by atoms with Crippen LogP contribution < -0.4 is 10.6 Å². The average molecular weight is 470 g/mol. The van der Waals surface area contributed by atoms with Gasteiger partial charge in [-0.1, -0.05) is 48.0 Å². The van der Waals surface area contributed by atoms with Gasteiger partial charge in [0, 0.05) is 36.0 Å². The first-order valence-electron chi connectivity index (χ1n) is 11.8. The van der Waals surface area contributed by atoms with Crippen LogP contribution in [0.4, 0.5) is 0 Å². The molecule has 0 unspecified atom stereocenters. The van der Waals surface area contributed by atoms with E-state index in [-0.39, 0.29) is 36.2 Å². The van der Waals surface area contributed by atoms with Crippen molar-refractivity contribution >= 4 is 23.4 Å². The van der Waals surface area contributed by atoms with E-state index in [0.29, 0.717) is 6.54 Å². The predicted octanol–water partition coefficient (Wildman–Crippen LogP) is 4.65. The van der Waals surface area contributed by atoms with Gasteiger partial charge in [-0.05, 0) is 81.9 Å². The van der Waals surface area contributed by atoms with E-state index in [9.17, 15) is 9.59 Å². The maximum atomic E-state index is 12.5. The molecular formula is C27H36ClN3O2. The highest BCUT2D eigenvalue weighted by Crippen LogP contribution is 2.36. The summed E-state index contributed by atoms with van der Waals surface area (Å²) in [6.07, 6.45) is 5.26. The zero-order valence-corrected chi connectivity index (χ0v) is 20.8. The summed E-state index contributed by atoms with van der Waals surface area (Å²) in [4.78, 5) is 27.0. The number of nitrogens with one attached hydrogen (secondary N) is 2. The lowest BCUT2D eigenvalue weighted by molar-refractivity contribution is -0.127. The van der Waals surface area contributed by atoms with Crippen molar-refractivity contribution in [2.24, 2.45) is 0 Å². The van der Waals surface area contributed by atoms with Crippen molar-refractivity contribution in [3.63, 3.8) is 0 Å². The van der Waals surface area contributed by atoms with Crippen LogP contribution in [-0.2, 0) is 22.6 Å². The maximum absolute atomic E-state index is 12.5. The van der Waals surface area contributed by atoms with Crippen LogP contribution in [0.1, 0.15) is 55.2 Å². The molecule has 2 aromatic rings. The number of nitrogens with zero attached hydrogens (tertiary/aromatic N) is 1. The SMILES string of the molecule is Cc1ccccc1CNC(=O)CCC(=O)NC1CCC(Cc2cccc(Cl)c2)(N(C)C)CC1. The van der Waals surface area contributed by atoms with Gasteiger partial charge < -0.3 is 15.5 Å². The summed E-state index contributed by atoms with van der Waals surface area (Å²) in [5.74, 6) is -0.136. The molecule has 2 aromatic carbocycles. The van der Waals surface area contributed by atoms with Gasteiger partial charge in [0.05, 0.1) is 0 Å². The van der Waals surface area contributed by atoms with Crippen molar-refractivity contribution in [2.45, 2.75) is 70.0 Å². The van der Waals surface area contributed by atoms with Crippen LogP contribution in [0.5, 0.6) is 0 Å². The molecule has 1 aliphatic rings. The molecule has 0 bridgehead atoms. The number of rotatable bonds is 9. The summed E-state index contributed by atoms with van der Waals surface area (Å²) in [5, 5.41) is 6.83. The van der Waals surface area contributed by atoms with Gasteiger partial charge in [-0.2, -0.15) is 0 Å². The fourth-order valence-corrected chi connectivity index (χ4v) is 4.94. The van der Waals surface area contributed by atoms with Crippen LogP contribution in [0.15, 0.2) is 48.5 Å². The first-order valence-corrected chi connectivity index (χ1v) is 12.2. The molecule has 0 aliphatic heterocycles. The van der Waals surface area contributed by atoms with E-state index in [1.807, 2.05) is 49.4 Å². The molecule has 5 nitrogen and oxygen atoms in total. The van der Waals surface area contributed by atoms with E-state index < -0.39 is 0 Å². The first kappa shape index (κ1) is 25.3. The van der Waals surface area contributed by atoms with Crippen LogP contribution in [0.3, 0.4) is 0 Å². The molecule has 1 fully saturated rings. The van der Waals surface area contributed by atoms with E-state index in [1.165, 1.54) is 5.56 Å². The molecule has 33 heavy (non-hydrogen) atoms. The van der Waals surface area contributed by atoms with E-state index in [4.69, 9.17) is 11.6 Å². The normalized spacial score (nSPS) is 20.5. The summed E-state index contributed by atoms with van der Waals surface area (Å²) in [6, 6.07) is 16.2. The average Bonchev–Trinajstić information content (AvgIpc) is 2.78. The molecule has 6 heteroatoms. The lowest BCUT2D eigenvalue weighted by atomic mass is 9.75. The number of carbonyl (C=O) groups excluding carboxylic acids is 2. The van der Waals surface area contributed by atoms with Crippen LogP contribution in [-0.4, -0.2) is 42.4 Å². The van der Waals surface area contributed by atoms with Gasteiger partial charge in [-0.15, -0.1) is 0 Å². The molecule has 0 radical (unpaired) electrons. The monoisotopic (exact) mass is 469 g/mol. The Hall–Kier alpha value is -2.37. The third-order valence-electron chi connectivity index (χ3n) is 6.97. The molecule has 0 atom stereocenters. The number of aryl methyl sites for hydroxylation is 1. The summed E-state index contributed by atoms with van der Waals surface area (Å²) >= 11 is 6.19. The van der Waals surface area contributed by atoms with E-state index in [1.54, 1.807) is 0 Å². The van der Waals surface area contributed by atoms with Gasteiger partial charge in [-0.3, -0.25) is 9.59 Å². The minimum atomic E-state index is -0.0924. The number of likely N-dealkylation sites (N-methyl/N-ethyl adjacent to an activating group) is 1. The molecular weight excluding hydrogens is 434 g/mol. The van der Waals surface area contributed by atoms with Crippen LogP contribution in [0.2, 0.25) is 5.02 Å². The van der Waals surface area contributed by atoms with E-state index in [0.717, 1.165) is 48.3 Å². The van der Waals surface area contributed by atoms with Crippen LogP contribution in [0, 0.1) is 6.92 Å². The Morgan fingerprint density at radius 3 is 2.39 bits per heavy atom. The Labute approximate surface area is 202 Å². The van der Waals surface area contributed by atoms with Gasteiger partial charge in [-0.25, -0.2) is 0 Å². The Bertz CT molecular complexity index is 952. The van der Waals surface area contributed by atoms with Crippen molar-refractivity contribution in [3.05, 3.63) is 70.2 Å². The summed E-state index contributed by atoms with van der Waals surface area (Å²) < 4.78 is 0. The number of benzene rings is 2. The highest BCUT2D eigenvalue weighted by molar-refractivity contribution is 6.30. The third-order valence-corrected chi connectivity index (χ3v) is 7.20. The van der Waals surface area contributed by atoms with Crippen molar-refractivity contribution < 1.29 is 9.59 Å². The molecule has 0 aromatic heterocycles. The Kier molecular flexibility index (Phi) is 8.93. The first-order chi connectivity index (χ1) is 15.8. The van der Waals surface area contributed by atoms with Gasteiger partial charge in [0.1, 0.15) is 0 Å². The third kappa shape index (κ3) is 7.31. The summed E-state index contributed by atoms with van der Waals surface area (Å²) in [5.41, 5.74) is 3.56. The second kappa shape index (κ2) is 11.7. The molecule has 0 saturated heterocycles. The number of hydrogen-bond acceptors (Lipinski definition) is 3. The molecule has 2 amide bonds. The summed E-state index contributed by atoms with van der Waals surface area (Å²) in [6.45, 7) is 2.52. The molecule has 0 spiro atoms. The fraction of sp³-hybridized carbons (Fsp3) is 0.481. The lowest BCUT2D eigenvalue weighted by Gasteiger charge is -2.45. The second-order valence-electron chi connectivity index (χ2n) is 9.47. The number of halogens is 1. The Balaban J connectivity index is 1.42. The zero-order chi connectivity index (χ0) is 23.8. The van der Waals surface area contributed by atoms with Crippen molar-refractivity contribution in [2.75, 3.05) is 14.1 Å². The number of amides is 2. The second-order valence-corrected chi connectivity index (χ2v) is 9.91. The van der Waals surface area contributed by atoms with E-state index in [2.05, 4.69) is 35.7 Å². The highest BCUT2D eigenvalue weighted by Gasteiger charge is 2.37. The number of carbonyl (C=O) groups is 2. The number of hydrogen-bond donors (Lipinski definition) is 2. The quantitative estimate of drug-likeness (QED) is 0.562. The predicted molar refractivity (Wildman–Crippen MR) is 134 cm³/mol. The zero-order valence-electron chi connectivity index (χ0n) is 20.0.